The van der Waals surface area contributed by atoms with Crippen molar-refractivity contribution in [2.24, 2.45) is 5.73 Å². The van der Waals surface area contributed by atoms with Crippen LogP contribution in [0.1, 0.15) is 6.92 Å². The van der Waals surface area contributed by atoms with E-state index in [1.165, 1.54) is 0 Å². The van der Waals surface area contributed by atoms with Crippen LogP contribution >= 0.6 is 24.8 Å². The van der Waals surface area contributed by atoms with Crippen molar-refractivity contribution in [3.05, 3.63) is 24.3 Å². The number of para-hydroxylation sites is 2. The minimum absolute atomic E-state index is 0. The fourth-order valence-corrected chi connectivity index (χ4v) is 1.22. The molecule has 17 heavy (non-hydrogen) atoms. The molecule has 0 aliphatic heterocycles. The number of anilines is 2. The maximum absolute atomic E-state index is 11.4. The number of carbonyl (C=O) groups is 1. The highest BCUT2D eigenvalue weighted by Crippen LogP contribution is 2.23. The van der Waals surface area contributed by atoms with E-state index in [0.29, 0.717) is 0 Å². The van der Waals surface area contributed by atoms with Crippen molar-refractivity contribution in [2.75, 3.05) is 24.3 Å². The molecule has 0 aliphatic carbocycles. The third-order valence-corrected chi connectivity index (χ3v) is 2.06. The molecule has 1 rings (SSSR count). The molecule has 0 bridgehead atoms. The molecule has 0 spiro atoms. The molecule has 0 radical (unpaired) electrons. The van der Waals surface area contributed by atoms with Crippen LogP contribution in [0.25, 0.3) is 0 Å². The Bertz CT molecular complexity index is 356. The molecule has 0 aliphatic rings. The van der Waals surface area contributed by atoms with Crippen molar-refractivity contribution >= 4 is 42.1 Å². The Morgan fingerprint density at radius 3 is 2.29 bits per heavy atom. The van der Waals surface area contributed by atoms with Gasteiger partial charge in [-0.05, 0) is 19.1 Å². The summed E-state index contributed by atoms with van der Waals surface area (Å²) in [5, 5.41) is 2.79. The number of rotatable bonds is 3. The minimum atomic E-state index is -0.500. The van der Waals surface area contributed by atoms with E-state index in [-0.39, 0.29) is 30.7 Å². The van der Waals surface area contributed by atoms with Crippen molar-refractivity contribution in [1.82, 2.24) is 0 Å². The second-order valence-corrected chi connectivity index (χ2v) is 3.69. The zero-order chi connectivity index (χ0) is 11.4. The minimum Gasteiger partial charge on any atom is -0.376 e. The molecule has 1 aromatic rings. The summed E-state index contributed by atoms with van der Waals surface area (Å²) in [5.41, 5.74) is 7.23. The van der Waals surface area contributed by atoms with Gasteiger partial charge in [-0.3, -0.25) is 4.79 Å². The van der Waals surface area contributed by atoms with Gasteiger partial charge in [0.2, 0.25) is 5.91 Å². The van der Waals surface area contributed by atoms with Gasteiger partial charge in [0.25, 0.3) is 0 Å². The summed E-state index contributed by atoms with van der Waals surface area (Å²) in [6.07, 6.45) is 0. The number of amides is 1. The average Bonchev–Trinajstić information content (AvgIpc) is 2.18. The molecule has 0 heterocycles. The normalized spacial score (nSPS) is 10.6. The summed E-state index contributed by atoms with van der Waals surface area (Å²) in [6.45, 7) is 1.66. The zero-order valence-corrected chi connectivity index (χ0v) is 11.8. The van der Waals surface area contributed by atoms with Crippen molar-refractivity contribution < 1.29 is 4.79 Å². The molecule has 6 heteroatoms. The number of halogens is 2. The van der Waals surface area contributed by atoms with E-state index in [9.17, 15) is 4.79 Å². The van der Waals surface area contributed by atoms with Crippen molar-refractivity contribution in [3.63, 3.8) is 0 Å². The molecule has 0 fully saturated rings. The number of hydrogen-bond acceptors (Lipinski definition) is 3. The number of hydrogen-bond donors (Lipinski definition) is 2. The SMILES string of the molecule is C[C@H](N)C(=O)Nc1ccccc1N(C)C.Cl.Cl. The first-order valence-electron chi connectivity index (χ1n) is 4.85. The number of nitrogens with two attached hydrogens (primary N) is 1. The maximum atomic E-state index is 11.4. The van der Waals surface area contributed by atoms with E-state index in [1.54, 1.807) is 6.92 Å². The Hall–Kier alpha value is -0.970. The van der Waals surface area contributed by atoms with Crippen LogP contribution in [0.15, 0.2) is 24.3 Å². The molecule has 1 amide bonds. The lowest BCUT2D eigenvalue weighted by Gasteiger charge is -2.18. The molecule has 0 unspecified atom stereocenters. The van der Waals surface area contributed by atoms with Crippen LogP contribution in [0, 0.1) is 0 Å². The van der Waals surface area contributed by atoms with Crippen LogP contribution in [-0.4, -0.2) is 26.0 Å². The summed E-state index contributed by atoms with van der Waals surface area (Å²) >= 11 is 0. The van der Waals surface area contributed by atoms with Crippen LogP contribution in [0.2, 0.25) is 0 Å². The largest absolute Gasteiger partial charge is 0.376 e. The molecule has 0 saturated carbocycles. The smallest absolute Gasteiger partial charge is 0.241 e. The Morgan fingerprint density at radius 2 is 1.82 bits per heavy atom. The van der Waals surface area contributed by atoms with Gasteiger partial charge in [-0.25, -0.2) is 0 Å². The number of nitrogens with one attached hydrogen (secondary N) is 1. The molecule has 98 valence electrons. The molecular formula is C11H19Cl2N3O. The van der Waals surface area contributed by atoms with E-state index in [1.807, 2.05) is 43.3 Å². The first-order valence-corrected chi connectivity index (χ1v) is 4.85. The number of carbonyl (C=O) groups excluding carboxylic acids is 1. The lowest BCUT2D eigenvalue weighted by atomic mass is 10.2. The highest BCUT2D eigenvalue weighted by molar-refractivity contribution is 5.97. The predicted octanol–water partition coefficient (Wildman–Crippen LogP) is 1.88. The van der Waals surface area contributed by atoms with Crippen molar-refractivity contribution in [2.45, 2.75) is 13.0 Å². The Balaban J connectivity index is 0. The molecule has 0 aromatic heterocycles. The third-order valence-electron chi connectivity index (χ3n) is 2.06. The summed E-state index contributed by atoms with van der Waals surface area (Å²) in [5.74, 6) is -0.177. The molecule has 1 aromatic carbocycles. The van der Waals surface area contributed by atoms with Crippen molar-refractivity contribution in [1.29, 1.82) is 0 Å². The summed E-state index contributed by atoms with van der Waals surface area (Å²) < 4.78 is 0. The van der Waals surface area contributed by atoms with E-state index in [0.717, 1.165) is 11.4 Å². The lowest BCUT2D eigenvalue weighted by Crippen LogP contribution is -2.32. The third kappa shape index (κ3) is 5.26. The van der Waals surface area contributed by atoms with Gasteiger partial charge in [0.1, 0.15) is 0 Å². The van der Waals surface area contributed by atoms with E-state index in [4.69, 9.17) is 5.73 Å². The predicted molar refractivity (Wildman–Crippen MR) is 77.5 cm³/mol. The van der Waals surface area contributed by atoms with Crippen molar-refractivity contribution in [3.8, 4) is 0 Å². The van der Waals surface area contributed by atoms with Crippen LogP contribution < -0.4 is 16.0 Å². The quantitative estimate of drug-likeness (QED) is 0.888. The molecular weight excluding hydrogens is 261 g/mol. The van der Waals surface area contributed by atoms with Gasteiger partial charge >= 0.3 is 0 Å². The average molecular weight is 280 g/mol. The van der Waals surface area contributed by atoms with Crippen LogP contribution in [0.5, 0.6) is 0 Å². The molecule has 1 atom stereocenters. The second kappa shape index (κ2) is 8.17. The topological polar surface area (TPSA) is 58.4 Å². The monoisotopic (exact) mass is 279 g/mol. The van der Waals surface area contributed by atoms with Gasteiger partial charge in [0, 0.05) is 14.1 Å². The zero-order valence-electron chi connectivity index (χ0n) is 10.1. The van der Waals surface area contributed by atoms with Gasteiger partial charge in [-0.2, -0.15) is 0 Å². The fraction of sp³-hybridized carbons (Fsp3) is 0.364. The maximum Gasteiger partial charge on any atom is 0.241 e. The lowest BCUT2D eigenvalue weighted by molar-refractivity contribution is -0.117. The molecule has 4 nitrogen and oxygen atoms in total. The summed E-state index contributed by atoms with van der Waals surface area (Å²) in [7, 11) is 3.85. The summed E-state index contributed by atoms with van der Waals surface area (Å²) in [6, 6.07) is 7.10. The van der Waals surface area contributed by atoms with E-state index < -0.39 is 6.04 Å². The summed E-state index contributed by atoms with van der Waals surface area (Å²) in [4.78, 5) is 13.4. The van der Waals surface area contributed by atoms with Crippen LogP contribution in [0.3, 0.4) is 0 Å². The van der Waals surface area contributed by atoms with Gasteiger partial charge in [-0.15, -0.1) is 24.8 Å². The van der Waals surface area contributed by atoms with Gasteiger partial charge in [-0.1, -0.05) is 12.1 Å². The van der Waals surface area contributed by atoms with Gasteiger partial charge in [0.05, 0.1) is 17.4 Å². The van der Waals surface area contributed by atoms with E-state index in [2.05, 4.69) is 5.32 Å². The van der Waals surface area contributed by atoms with Crippen LogP contribution in [-0.2, 0) is 4.79 Å². The first-order chi connectivity index (χ1) is 7.02. The fourth-order valence-electron chi connectivity index (χ4n) is 1.22. The van der Waals surface area contributed by atoms with E-state index >= 15 is 0 Å². The Morgan fingerprint density at radius 1 is 1.29 bits per heavy atom. The number of benzene rings is 1. The molecule has 0 saturated heterocycles. The van der Waals surface area contributed by atoms with Gasteiger partial charge < -0.3 is 16.0 Å². The molecule has 3 N–H and O–H groups in total. The highest BCUT2D eigenvalue weighted by atomic mass is 35.5. The number of nitrogens with zero attached hydrogens (tertiary/aromatic N) is 1. The Kier molecular flexibility index (Phi) is 8.84. The van der Waals surface area contributed by atoms with Gasteiger partial charge in [0.15, 0.2) is 0 Å². The Labute approximate surface area is 114 Å². The standard InChI is InChI=1S/C11H17N3O.2ClH/c1-8(12)11(15)13-9-6-4-5-7-10(9)14(2)3;;/h4-8H,12H2,1-3H3,(H,13,15);2*1H/t8-;;/m0../s1. The van der Waals surface area contributed by atoms with Crippen LogP contribution in [0.4, 0.5) is 11.4 Å². The highest BCUT2D eigenvalue weighted by Gasteiger charge is 2.10. The first kappa shape index (κ1) is 18.4. The second-order valence-electron chi connectivity index (χ2n) is 3.69.